The van der Waals surface area contributed by atoms with Crippen LogP contribution in [0.3, 0.4) is 0 Å². The van der Waals surface area contributed by atoms with Gasteiger partial charge in [0.25, 0.3) is 0 Å². The molecule has 22 heavy (non-hydrogen) atoms. The molecule has 0 aromatic carbocycles. The van der Waals surface area contributed by atoms with E-state index in [9.17, 15) is 4.79 Å². The molecule has 0 saturated heterocycles. The summed E-state index contributed by atoms with van der Waals surface area (Å²) in [5.74, 6) is 0. The Morgan fingerprint density at radius 3 is 2.95 bits per heavy atom. The average molecular weight is 316 g/mol. The van der Waals surface area contributed by atoms with E-state index in [1.165, 1.54) is 5.56 Å². The molecule has 116 valence electrons. The van der Waals surface area contributed by atoms with E-state index in [1.54, 1.807) is 22.4 Å². The fourth-order valence-corrected chi connectivity index (χ4v) is 3.54. The molecule has 1 amide bonds. The quantitative estimate of drug-likeness (QED) is 0.787. The Morgan fingerprint density at radius 2 is 2.23 bits per heavy atom. The van der Waals surface area contributed by atoms with Crippen molar-refractivity contribution in [2.45, 2.75) is 39.3 Å². The van der Waals surface area contributed by atoms with Crippen LogP contribution in [0, 0.1) is 0 Å². The van der Waals surface area contributed by atoms with Crippen molar-refractivity contribution in [1.82, 2.24) is 9.88 Å². The molecule has 5 heteroatoms. The summed E-state index contributed by atoms with van der Waals surface area (Å²) in [6, 6.07) is 4.07. The normalized spacial score (nSPS) is 18.6. The van der Waals surface area contributed by atoms with Gasteiger partial charge in [-0.3, -0.25) is 4.90 Å². The minimum Gasteiger partial charge on any atom is -0.444 e. The molecule has 0 fully saturated rings. The first kappa shape index (κ1) is 15.0. The summed E-state index contributed by atoms with van der Waals surface area (Å²) in [4.78, 5) is 19.5. The number of hydrogen-bond acceptors (Lipinski definition) is 4. The largest absolute Gasteiger partial charge is 0.444 e. The molecule has 1 aliphatic heterocycles. The molecular formula is C17H20N2O2S. The van der Waals surface area contributed by atoms with Crippen molar-refractivity contribution >= 4 is 33.2 Å². The number of hydrogen-bond donors (Lipinski definition) is 0. The predicted octanol–water partition coefficient (Wildman–Crippen LogP) is 4.32. The Labute approximate surface area is 134 Å². The molecule has 3 heterocycles. The summed E-state index contributed by atoms with van der Waals surface area (Å²) < 4.78 is 5.49. The van der Waals surface area contributed by atoms with Gasteiger partial charge in [-0.25, -0.2) is 9.78 Å². The van der Waals surface area contributed by atoms with Crippen LogP contribution in [-0.4, -0.2) is 34.2 Å². The van der Waals surface area contributed by atoms with Gasteiger partial charge in [0.05, 0.1) is 6.04 Å². The van der Waals surface area contributed by atoms with Crippen LogP contribution in [0.2, 0.25) is 0 Å². The highest BCUT2D eigenvalue weighted by molar-refractivity contribution is 7.17. The molecule has 2 aromatic heterocycles. The van der Waals surface area contributed by atoms with Crippen LogP contribution < -0.4 is 0 Å². The maximum absolute atomic E-state index is 12.3. The van der Waals surface area contributed by atoms with E-state index in [0.29, 0.717) is 6.54 Å². The van der Waals surface area contributed by atoms with Gasteiger partial charge in [0.2, 0.25) is 0 Å². The van der Waals surface area contributed by atoms with Crippen molar-refractivity contribution < 1.29 is 9.53 Å². The van der Waals surface area contributed by atoms with E-state index >= 15 is 0 Å². The van der Waals surface area contributed by atoms with Gasteiger partial charge >= 0.3 is 6.09 Å². The number of carbonyl (C=O) groups excluding carboxylic acids is 1. The van der Waals surface area contributed by atoms with Gasteiger partial charge in [0.1, 0.15) is 10.4 Å². The molecule has 0 saturated carbocycles. The minimum absolute atomic E-state index is 0.0384. The lowest BCUT2D eigenvalue weighted by atomic mass is 10.1. The first-order chi connectivity index (χ1) is 10.3. The lowest BCUT2D eigenvalue weighted by Crippen LogP contribution is -2.39. The van der Waals surface area contributed by atoms with Crippen LogP contribution in [0.5, 0.6) is 0 Å². The van der Waals surface area contributed by atoms with Crippen molar-refractivity contribution in [3.05, 3.63) is 35.3 Å². The zero-order valence-electron chi connectivity index (χ0n) is 13.3. The Morgan fingerprint density at radius 1 is 1.45 bits per heavy atom. The van der Waals surface area contributed by atoms with E-state index in [0.717, 1.165) is 15.8 Å². The summed E-state index contributed by atoms with van der Waals surface area (Å²) in [6.07, 6.45) is 3.68. The summed E-state index contributed by atoms with van der Waals surface area (Å²) >= 11 is 1.64. The number of amides is 1. The third kappa shape index (κ3) is 2.86. The third-order valence-electron chi connectivity index (χ3n) is 3.60. The number of thiophene rings is 1. The van der Waals surface area contributed by atoms with E-state index in [4.69, 9.17) is 4.74 Å². The van der Waals surface area contributed by atoms with Crippen molar-refractivity contribution in [3.63, 3.8) is 0 Å². The molecule has 0 radical (unpaired) electrons. The van der Waals surface area contributed by atoms with Crippen LogP contribution in [-0.2, 0) is 4.74 Å². The van der Waals surface area contributed by atoms with Gasteiger partial charge in [0.15, 0.2) is 0 Å². The average Bonchev–Trinajstić information content (AvgIpc) is 3.00. The van der Waals surface area contributed by atoms with Crippen molar-refractivity contribution in [2.75, 3.05) is 6.54 Å². The van der Waals surface area contributed by atoms with E-state index in [-0.39, 0.29) is 12.1 Å². The number of aromatic nitrogens is 1. The molecule has 1 unspecified atom stereocenters. The second-order valence-electron chi connectivity index (χ2n) is 6.55. The summed E-state index contributed by atoms with van der Waals surface area (Å²) in [5.41, 5.74) is 1.86. The lowest BCUT2D eigenvalue weighted by Gasteiger charge is -2.27. The number of pyridine rings is 1. The van der Waals surface area contributed by atoms with Gasteiger partial charge < -0.3 is 4.74 Å². The molecule has 0 N–H and O–H groups in total. The molecule has 3 rings (SSSR count). The maximum Gasteiger partial charge on any atom is 0.411 e. The zero-order valence-corrected chi connectivity index (χ0v) is 14.1. The lowest BCUT2D eigenvalue weighted by molar-refractivity contribution is 0.0255. The van der Waals surface area contributed by atoms with Crippen molar-refractivity contribution in [1.29, 1.82) is 0 Å². The fourth-order valence-electron chi connectivity index (χ4n) is 2.60. The third-order valence-corrected chi connectivity index (χ3v) is 4.50. The summed E-state index contributed by atoms with van der Waals surface area (Å²) in [6.45, 7) is 8.26. The van der Waals surface area contributed by atoms with Crippen molar-refractivity contribution in [3.8, 4) is 0 Å². The number of rotatable bonds is 1. The Balaban J connectivity index is 1.83. The highest BCUT2D eigenvalue weighted by atomic mass is 32.1. The molecule has 2 aromatic rings. The molecular weight excluding hydrogens is 296 g/mol. The summed E-state index contributed by atoms with van der Waals surface area (Å²) in [7, 11) is 0. The number of fused-ring (bicyclic) bond motifs is 1. The highest BCUT2D eigenvalue weighted by Gasteiger charge is 2.31. The van der Waals surface area contributed by atoms with Gasteiger partial charge in [-0.15, -0.1) is 11.3 Å². The second kappa shape index (κ2) is 5.39. The monoisotopic (exact) mass is 316 g/mol. The van der Waals surface area contributed by atoms with Gasteiger partial charge in [0, 0.05) is 23.5 Å². The molecule has 1 atom stereocenters. The zero-order chi connectivity index (χ0) is 15.9. The first-order valence-electron chi connectivity index (χ1n) is 7.38. The van der Waals surface area contributed by atoms with Gasteiger partial charge in [-0.2, -0.15) is 0 Å². The van der Waals surface area contributed by atoms with Crippen LogP contribution in [0.15, 0.2) is 29.8 Å². The Bertz CT molecular complexity index is 742. The van der Waals surface area contributed by atoms with E-state index in [1.807, 2.05) is 33.8 Å². The second-order valence-corrected chi connectivity index (χ2v) is 7.40. The summed E-state index contributed by atoms with van der Waals surface area (Å²) in [5, 5.41) is 3.27. The van der Waals surface area contributed by atoms with Crippen LogP contribution >= 0.6 is 11.3 Å². The smallest absolute Gasteiger partial charge is 0.411 e. The van der Waals surface area contributed by atoms with Crippen molar-refractivity contribution in [2.24, 2.45) is 0 Å². The molecule has 1 aliphatic rings. The van der Waals surface area contributed by atoms with Gasteiger partial charge in [-0.05, 0) is 51.0 Å². The number of nitrogens with zero attached hydrogens (tertiary/aromatic N) is 2. The SMILES string of the molecule is CC1C=C(c2csc3ncccc23)CN1C(=O)OC(C)(C)C. The first-order valence-corrected chi connectivity index (χ1v) is 8.26. The predicted molar refractivity (Wildman–Crippen MR) is 90.0 cm³/mol. The van der Waals surface area contributed by atoms with Gasteiger partial charge in [-0.1, -0.05) is 6.08 Å². The maximum atomic E-state index is 12.3. The highest BCUT2D eigenvalue weighted by Crippen LogP contribution is 2.34. The van der Waals surface area contributed by atoms with Crippen LogP contribution in [0.1, 0.15) is 33.3 Å². The standard InChI is InChI=1S/C17H20N2O2S/c1-11-8-12(9-19(11)16(20)21-17(2,3)4)14-10-22-15-13(14)6-5-7-18-15/h5-8,10-11H,9H2,1-4H3. The number of ether oxygens (including phenoxy) is 1. The Hall–Kier alpha value is -1.88. The molecule has 0 bridgehead atoms. The topological polar surface area (TPSA) is 42.4 Å². The Kier molecular flexibility index (Phi) is 3.68. The molecule has 0 spiro atoms. The van der Waals surface area contributed by atoms with E-state index < -0.39 is 5.60 Å². The van der Waals surface area contributed by atoms with Crippen LogP contribution in [0.4, 0.5) is 4.79 Å². The number of carbonyl (C=O) groups is 1. The molecule has 0 aliphatic carbocycles. The van der Waals surface area contributed by atoms with Crippen LogP contribution in [0.25, 0.3) is 15.8 Å². The fraction of sp³-hybridized carbons (Fsp3) is 0.412. The minimum atomic E-state index is -0.474. The molecule has 4 nitrogen and oxygen atoms in total. The van der Waals surface area contributed by atoms with E-state index in [2.05, 4.69) is 22.5 Å².